The first kappa shape index (κ1) is 10.1. The van der Waals surface area contributed by atoms with Crippen LogP contribution < -0.4 is 0 Å². The Morgan fingerprint density at radius 3 is 3.00 bits per heavy atom. The van der Waals surface area contributed by atoms with Crippen LogP contribution in [-0.2, 0) is 5.60 Å². The van der Waals surface area contributed by atoms with Crippen molar-refractivity contribution in [3.8, 4) is 0 Å². The van der Waals surface area contributed by atoms with Crippen molar-refractivity contribution in [1.82, 2.24) is 0 Å². The lowest BCUT2D eigenvalue weighted by atomic mass is 9.84. The highest BCUT2D eigenvalue weighted by atomic mass is 32.1. The molecule has 1 unspecified atom stereocenters. The van der Waals surface area contributed by atoms with Gasteiger partial charge in [0.1, 0.15) is 5.60 Å². The zero-order valence-corrected chi connectivity index (χ0v) is 9.83. The number of hydrogen-bond donors (Lipinski definition) is 1. The topological polar surface area (TPSA) is 20.2 Å². The second-order valence-corrected chi connectivity index (χ2v) is 5.28. The van der Waals surface area contributed by atoms with E-state index in [2.05, 4.69) is 29.7 Å². The molecule has 0 saturated carbocycles. The third-order valence-electron chi connectivity index (χ3n) is 3.27. The van der Waals surface area contributed by atoms with Crippen molar-refractivity contribution in [2.24, 2.45) is 0 Å². The zero-order valence-electron chi connectivity index (χ0n) is 9.02. The highest BCUT2D eigenvalue weighted by Crippen LogP contribution is 2.38. The van der Waals surface area contributed by atoms with Gasteiger partial charge in [0.05, 0.1) is 0 Å². The van der Waals surface area contributed by atoms with E-state index in [1.807, 2.05) is 12.1 Å². The van der Waals surface area contributed by atoms with Gasteiger partial charge in [-0.25, -0.2) is 0 Å². The minimum Gasteiger partial charge on any atom is -0.381 e. The number of allylic oxidation sites excluding steroid dienone is 1. The molecular formula is C14H14OS. The summed E-state index contributed by atoms with van der Waals surface area (Å²) in [7, 11) is 0. The molecule has 1 aliphatic rings. The van der Waals surface area contributed by atoms with E-state index in [0.29, 0.717) is 0 Å². The van der Waals surface area contributed by atoms with E-state index in [9.17, 15) is 5.11 Å². The summed E-state index contributed by atoms with van der Waals surface area (Å²) in [4.78, 5) is 0. The third-order valence-corrected chi connectivity index (χ3v) is 4.23. The molecule has 0 fully saturated rings. The predicted octanol–water partition coefficient (Wildman–Crippen LogP) is 3.83. The highest BCUT2D eigenvalue weighted by Gasteiger charge is 2.29. The van der Waals surface area contributed by atoms with Gasteiger partial charge >= 0.3 is 0 Å². The van der Waals surface area contributed by atoms with Gasteiger partial charge in [-0.1, -0.05) is 30.4 Å². The van der Waals surface area contributed by atoms with Crippen LogP contribution in [0, 0.1) is 0 Å². The molecule has 1 atom stereocenters. The average Bonchev–Trinajstić information content (AvgIpc) is 2.77. The van der Waals surface area contributed by atoms with E-state index >= 15 is 0 Å². The minimum atomic E-state index is -0.747. The monoisotopic (exact) mass is 230 g/mol. The van der Waals surface area contributed by atoms with Crippen LogP contribution in [0.1, 0.15) is 24.8 Å². The first-order chi connectivity index (χ1) is 7.80. The largest absolute Gasteiger partial charge is 0.381 e. The number of rotatable bonds is 1. The fourth-order valence-electron chi connectivity index (χ4n) is 2.41. The molecule has 1 N–H and O–H groups in total. The second-order valence-electron chi connectivity index (χ2n) is 4.36. The molecule has 0 spiro atoms. The third kappa shape index (κ3) is 1.49. The normalized spacial score (nSPS) is 25.1. The summed E-state index contributed by atoms with van der Waals surface area (Å²) >= 11 is 1.71. The molecule has 1 nitrogen and oxygen atoms in total. The molecule has 0 aliphatic heterocycles. The van der Waals surface area contributed by atoms with Crippen molar-refractivity contribution >= 4 is 21.4 Å². The van der Waals surface area contributed by atoms with Crippen LogP contribution in [-0.4, -0.2) is 5.11 Å². The second kappa shape index (κ2) is 3.72. The maximum absolute atomic E-state index is 10.7. The fourth-order valence-corrected chi connectivity index (χ4v) is 3.40. The summed E-state index contributed by atoms with van der Waals surface area (Å²) in [5, 5.41) is 14.0. The van der Waals surface area contributed by atoms with Gasteiger partial charge in [0, 0.05) is 10.3 Å². The van der Waals surface area contributed by atoms with Crippen molar-refractivity contribution in [3.63, 3.8) is 0 Å². The standard InChI is InChI=1S/C14H14OS/c15-14(8-2-1-3-9-14)12-6-4-5-11-7-10-16-13(11)12/h2,4-8,10,15H,1,3,9H2. The van der Waals surface area contributed by atoms with E-state index in [1.165, 1.54) is 10.1 Å². The van der Waals surface area contributed by atoms with Crippen molar-refractivity contribution in [2.75, 3.05) is 0 Å². The van der Waals surface area contributed by atoms with Gasteiger partial charge in [0.2, 0.25) is 0 Å². The molecule has 3 rings (SSSR count). The van der Waals surface area contributed by atoms with Crippen LogP contribution in [0.5, 0.6) is 0 Å². The maximum Gasteiger partial charge on any atom is 0.109 e. The lowest BCUT2D eigenvalue weighted by Crippen LogP contribution is -2.24. The zero-order chi connectivity index (χ0) is 11.0. The average molecular weight is 230 g/mol. The number of thiophene rings is 1. The predicted molar refractivity (Wildman–Crippen MR) is 68.7 cm³/mol. The number of benzene rings is 1. The smallest absolute Gasteiger partial charge is 0.109 e. The lowest BCUT2D eigenvalue weighted by Gasteiger charge is -2.28. The van der Waals surface area contributed by atoms with Crippen LogP contribution in [0.25, 0.3) is 10.1 Å². The molecule has 0 amide bonds. The SMILES string of the molecule is OC1(c2cccc3ccsc23)C=CCCC1. The van der Waals surface area contributed by atoms with Gasteiger partial charge in [0.15, 0.2) is 0 Å². The number of hydrogen-bond acceptors (Lipinski definition) is 2. The maximum atomic E-state index is 10.7. The van der Waals surface area contributed by atoms with E-state index in [4.69, 9.17) is 0 Å². The van der Waals surface area contributed by atoms with Crippen molar-refractivity contribution in [2.45, 2.75) is 24.9 Å². The fraction of sp³-hybridized carbons (Fsp3) is 0.286. The number of fused-ring (bicyclic) bond motifs is 1. The molecule has 0 bridgehead atoms. The first-order valence-corrected chi connectivity index (χ1v) is 6.54. The van der Waals surface area contributed by atoms with E-state index in [-0.39, 0.29) is 0 Å². The molecular weight excluding hydrogens is 216 g/mol. The van der Waals surface area contributed by atoms with Crippen LogP contribution >= 0.6 is 11.3 Å². The molecule has 1 aliphatic carbocycles. The molecule has 0 radical (unpaired) electrons. The van der Waals surface area contributed by atoms with Crippen LogP contribution in [0.15, 0.2) is 41.8 Å². The molecule has 1 aromatic heterocycles. The minimum absolute atomic E-state index is 0.747. The van der Waals surface area contributed by atoms with Crippen molar-refractivity contribution in [1.29, 1.82) is 0 Å². The van der Waals surface area contributed by atoms with E-state index in [1.54, 1.807) is 11.3 Å². The summed E-state index contributed by atoms with van der Waals surface area (Å²) < 4.78 is 1.22. The summed E-state index contributed by atoms with van der Waals surface area (Å²) in [5.41, 5.74) is 0.318. The molecule has 2 heteroatoms. The Labute approximate surface area is 99.0 Å². The molecule has 82 valence electrons. The van der Waals surface area contributed by atoms with Gasteiger partial charge in [-0.05, 0) is 36.1 Å². The molecule has 2 aromatic rings. The Morgan fingerprint density at radius 2 is 2.19 bits per heavy atom. The van der Waals surface area contributed by atoms with Crippen LogP contribution in [0.3, 0.4) is 0 Å². The van der Waals surface area contributed by atoms with Crippen molar-refractivity contribution < 1.29 is 5.11 Å². The Morgan fingerprint density at radius 1 is 1.25 bits per heavy atom. The van der Waals surface area contributed by atoms with E-state index in [0.717, 1.165) is 24.8 Å². The van der Waals surface area contributed by atoms with Gasteiger partial charge < -0.3 is 5.11 Å². The molecule has 16 heavy (non-hydrogen) atoms. The Balaban J connectivity index is 2.21. The summed E-state index contributed by atoms with van der Waals surface area (Å²) in [6.07, 6.45) is 7.04. The van der Waals surface area contributed by atoms with Crippen LogP contribution in [0.2, 0.25) is 0 Å². The van der Waals surface area contributed by atoms with E-state index < -0.39 is 5.60 Å². The van der Waals surface area contributed by atoms with Gasteiger partial charge in [-0.3, -0.25) is 0 Å². The summed E-state index contributed by atoms with van der Waals surface area (Å²) in [6.45, 7) is 0. The summed E-state index contributed by atoms with van der Waals surface area (Å²) in [6, 6.07) is 8.30. The molecule has 1 heterocycles. The highest BCUT2D eigenvalue weighted by molar-refractivity contribution is 7.17. The quantitative estimate of drug-likeness (QED) is 0.738. The van der Waals surface area contributed by atoms with Gasteiger partial charge in [0.25, 0.3) is 0 Å². The summed E-state index contributed by atoms with van der Waals surface area (Å²) in [5.74, 6) is 0. The van der Waals surface area contributed by atoms with Crippen molar-refractivity contribution in [3.05, 3.63) is 47.4 Å². The Hall–Kier alpha value is -1.12. The van der Waals surface area contributed by atoms with Gasteiger partial charge in [-0.2, -0.15) is 0 Å². The van der Waals surface area contributed by atoms with Crippen LogP contribution in [0.4, 0.5) is 0 Å². The van der Waals surface area contributed by atoms with Gasteiger partial charge in [-0.15, -0.1) is 11.3 Å². The lowest BCUT2D eigenvalue weighted by molar-refractivity contribution is 0.0743. The Kier molecular flexibility index (Phi) is 2.34. The molecule has 1 aromatic carbocycles. The number of aliphatic hydroxyl groups is 1. The molecule has 0 saturated heterocycles. The first-order valence-electron chi connectivity index (χ1n) is 5.66. The Bertz CT molecular complexity index is 540.